The van der Waals surface area contributed by atoms with Crippen LogP contribution in [-0.2, 0) is 11.2 Å². The highest BCUT2D eigenvalue weighted by Gasteiger charge is 2.28. The van der Waals surface area contributed by atoms with Crippen molar-refractivity contribution in [1.82, 2.24) is 0 Å². The summed E-state index contributed by atoms with van der Waals surface area (Å²) in [6.45, 7) is 0. The molecule has 6 nitrogen and oxygen atoms in total. The van der Waals surface area contributed by atoms with Gasteiger partial charge in [0, 0.05) is 41.6 Å². The van der Waals surface area contributed by atoms with Crippen LogP contribution in [-0.4, -0.2) is 16.9 Å². The molecule has 3 aromatic carbocycles. The maximum absolute atomic E-state index is 14.0. The number of fused-ring (bicyclic) bond motifs is 1. The summed E-state index contributed by atoms with van der Waals surface area (Å²) in [5.41, 5.74) is 2.51. The number of rotatable bonds is 4. The Hall–Kier alpha value is -3.81. The first-order valence-corrected chi connectivity index (χ1v) is 8.81. The molecule has 1 amide bonds. The molecule has 0 spiro atoms. The fraction of sp³-hybridized carbons (Fsp3) is 0.0952. The van der Waals surface area contributed by atoms with Gasteiger partial charge in [0.05, 0.1) is 4.92 Å². The van der Waals surface area contributed by atoms with Crippen LogP contribution in [0.3, 0.4) is 0 Å². The molecule has 1 unspecified atom stereocenters. The number of non-ortho nitro benzene ring substituents is 1. The van der Waals surface area contributed by atoms with Gasteiger partial charge in [-0.25, -0.2) is 8.78 Å². The van der Waals surface area contributed by atoms with Crippen LogP contribution < -0.4 is 10.6 Å². The van der Waals surface area contributed by atoms with Crippen LogP contribution >= 0.6 is 0 Å². The van der Waals surface area contributed by atoms with Gasteiger partial charge in [-0.3, -0.25) is 14.9 Å². The van der Waals surface area contributed by atoms with E-state index in [0.29, 0.717) is 23.4 Å². The minimum Gasteiger partial charge on any atom is -0.373 e. The van der Waals surface area contributed by atoms with Crippen molar-refractivity contribution < 1.29 is 18.5 Å². The molecule has 0 bridgehead atoms. The van der Waals surface area contributed by atoms with E-state index in [1.54, 1.807) is 30.3 Å². The Morgan fingerprint density at radius 3 is 2.69 bits per heavy atom. The molecular weight excluding hydrogens is 380 g/mol. The van der Waals surface area contributed by atoms with E-state index in [1.165, 1.54) is 24.3 Å². The molecule has 146 valence electrons. The Bertz CT molecular complexity index is 1130. The number of carbonyl (C=O) groups excluding carboxylic acids is 1. The van der Waals surface area contributed by atoms with Crippen molar-refractivity contribution in [3.8, 4) is 11.1 Å². The third-order valence-electron chi connectivity index (χ3n) is 4.75. The lowest BCUT2D eigenvalue weighted by Crippen LogP contribution is -2.32. The zero-order chi connectivity index (χ0) is 20.5. The first kappa shape index (κ1) is 18.5. The zero-order valence-electron chi connectivity index (χ0n) is 15.0. The minimum atomic E-state index is -0.692. The minimum absolute atomic E-state index is 0.0497. The molecule has 0 radical (unpaired) electrons. The number of nitro groups is 1. The van der Waals surface area contributed by atoms with E-state index in [-0.39, 0.29) is 17.2 Å². The number of carbonyl (C=O) groups is 1. The summed E-state index contributed by atoms with van der Waals surface area (Å²) in [5.74, 6) is -1.67. The number of anilines is 2. The molecule has 0 aliphatic carbocycles. The highest BCUT2D eigenvalue weighted by atomic mass is 19.1. The summed E-state index contributed by atoms with van der Waals surface area (Å²) in [7, 11) is 0. The monoisotopic (exact) mass is 395 g/mol. The molecule has 2 N–H and O–H groups in total. The van der Waals surface area contributed by atoms with Crippen LogP contribution in [0.5, 0.6) is 0 Å². The first-order valence-electron chi connectivity index (χ1n) is 8.81. The van der Waals surface area contributed by atoms with Gasteiger partial charge in [0.2, 0.25) is 5.91 Å². The summed E-state index contributed by atoms with van der Waals surface area (Å²) in [6.07, 6.45) is 0.394. The summed E-state index contributed by atoms with van der Waals surface area (Å²) in [4.78, 5) is 23.0. The quantitative estimate of drug-likeness (QED) is 0.503. The number of nitrogens with zero attached hydrogens (tertiary/aromatic N) is 1. The third-order valence-corrected chi connectivity index (χ3v) is 4.75. The Kier molecular flexibility index (Phi) is 4.67. The fourth-order valence-electron chi connectivity index (χ4n) is 3.32. The van der Waals surface area contributed by atoms with Gasteiger partial charge in [-0.05, 0) is 35.4 Å². The first-order chi connectivity index (χ1) is 13.9. The fourth-order valence-corrected chi connectivity index (χ4v) is 3.32. The van der Waals surface area contributed by atoms with Crippen molar-refractivity contribution in [2.75, 3.05) is 10.6 Å². The van der Waals surface area contributed by atoms with Gasteiger partial charge in [0.25, 0.3) is 5.69 Å². The predicted octanol–water partition coefficient (Wildman–Crippen LogP) is 4.52. The smallest absolute Gasteiger partial charge is 0.271 e. The van der Waals surface area contributed by atoms with Gasteiger partial charge in [-0.1, -0.05) is 18.2 Å². The van der Waals surface area contributed by atoms with Crippen LogP contribution in [0.2, 0.25) is 0 Å². The van der Waals surface area contributed by atoms with Crippen LogP contribution in [0.25, 0.3) is 11.1 Å². The van der Waals surface area contributed by atoms with E-state index in [9.17, 15) is 23.7 Å². The van der Waals surface area contributed by atoms with Gasteiger partial charge in [0.15, 0.2) is 0 Å². The van der Waals surface area contributed by atoms with E-state index in [2.05, 4.69) is 10.6 Å². The van der Waals surface area contributed by atoms with Crippen molar-refractivity contribution in [3.05, 3.63) is 88.0 Å². The molecule has 0 fully saturated rings. The Morgan fingerprint density at radius 1 is 1.10 bits per heavy atom. The van der Waals surface area contributed by atoms with Crippen LogP contribution in [0.15, 0.2) is 60.7 Å². The number of benzene rings is 3. The van der Waals surface area contributed by atoms with E-state index >= 15 is 0 Å². The second-order valence-corrected chi connectivity index (χ2v) is 6.69. The lowest BCUT2D eigenvalue weighted by atomic mass is 10.0. The lowest BCUT2D eigenvalue weighted by molar-refractivity contribution is -0.384. The van der Waals surface area contributed by atoms with E-state index in [1.807, 2.05) is 0 Å². The Morgan fingerprint density at radius 2 is 1.93 bits per heavy atom. The molecule has 0 aromatic heterocycles. The molecule has 0 saturated heterocycles. The number of hydrogen-bond acceptors (Lipinski definition) is 4. The number of hydrogen-bond donors (Lipinski definition) is 2. The largest absolute Gasteiger partial charge is 0.373 e. The summed E-state index contributed by atoms with van der Waals surface area (Å²) in [6, 6.07) is 13.8. The van der Waals surface area contributed by atoms with Crippen LogP contribution in [0.1, 0.15) is 5.56 Å². The number of amides is 1. The SMILES string of the molecule is O=C(Nc1cccc(-c2ccc(F)cc2F)c1)C1Cc2ccc([N+](=O)[O-])cc2N1. The van der Waals surface area contributed by atoms with Crippen molar-refractivity contribution in [1.29, 1.82) is 0 Å². The van der Waals surface area contributed by atoms with E-state index in [4.69, 9.17) is 0 Å². The maximum Gasteiger partial charge on any atom is 0.271 e. The van der Waals surface area contributed by atoms with Crippen molar-refractivity contribution in [2.45, 2.75) is 12.5 Å². The Balaban J connectivity index is 1.50. The molecule has 1 heterocycles. The standard InChI is InChI=1S/C21H15F2N3O3/c22-14-5-7-17(18(23)10-14)12-2-1-3-15(8-12)24-21(27)20-9-13-4-6-16(26(28)29)11-19(13)25-20/h1-8,10-11,20,25H,9H2,(H,24,27). The van der Waals surface area contributed by atoms with Gasteiger partial charge in [0.1, 0.15) is 17.7 Å². The predicted molar refractivity (Wildman–Crippen MR) is 105 cm³/mol. The summed E-state index contributed by atoms with van der Waals surface area (Å²) >= 11 is 0. The molecule has 1 aliphatic rings. The van der Waals surface area contributed by atoms with Crippen LogP contribution in [0.4, 0.5) is 25.8 Å². The average Bonchev–Trinajstić information content (AvgIpc) is 3.11. The maximum atomic E-state index is 14.0. The number of halogens is 2. The normalized spacial score (nSPS) is 14.8. The molecule has 8 heteroatoms. The van der Waals surface area contributed by atoms with Gasteiger partial charge in [-0.2, -0.15) is 0 Å². The van der Waals surface area contributed by atoms with Gasteiger partial charge in [-0.15, -0.1) is 0 Å². The molecule has 29 heavy (non-hydrogen) atoms. The molecular formula is C21H15F2N3O3. The topological polar surface area (TPSA) is 84.3 Å². The molecule has 0 saturated carbocycles. The highest BCUT2D eigenvalue weighted by molar-refractivity contribution is 5.98. The highest BCUT2D eigenvalue weighted by Crippen LogP contribution is 2.31. The van der Waals surface area contributed by atoms with E-state index < -0.39 is 22.6 Å². The van der Waals surface area contributed by atoms with Crippen LogP contribution in [0, 0.1) is 21.7 Å². The summed E-state index contributed by atoms with van der Waals surface area (Å²) in [5, 5.41) is 16.7. The molecule has 3 aromatic rings. The second kappa shape index (κ2) is 7.31. The zero-order valence-corrected chi connectivity index (χ0v) is 15.0. The molecule has 1 atom stereocenters. The van der Waals surface area contributed by atoms with Gasteiger partial charge < -0.3 is 10.6 Å². The molecule has 4 rings (SSSR count). The molecule has 1 aliphatic heterocycles. The second-order valence-electron chi connectivity index (χ2n) is 6.69. The number of nitrogens with one attached hydrogen (secondary N) is 2. The number of nitro benzene ring substituents is 1. The van der Waals surface area contributed by atoms with E-state index in [0.717, 1.165) is 11.6 Å². The average molecular weight is 395 g/mol. The van der Waals surface area contributed by atoms with Crippen molar-refractivity contribution in [2.24, 2.45) is 0 Å². The van der Waals surface area contributed by atoms with Crippen molar-refractivity contribution in [3.63, 3.8) is 0 Å². The third kappa shape index (κ3) is 3.77. The lowest BCUT2D eigenvalue weighted by Gasteiger charge is -2.13. The Labute approximate surface area is 164 Å². The summed E-state index contributed by atoms with van der Waals surface area (Å²) < 4.78 is 27.2. The van der Waals surface area contributed by atoms with Gasteiger partial charge >= 0.3 is 0 Å². The van der Waals surface area contributed by atoms with Crippen molar-refractivity contribution >= 4 is 23.0 Å².